The zero-order valence-electron chi connectivity index (χ0n) is 13.8. The lowest BCUT2D eigenvalue weighted by Crippen LogP contribution is -2.27. The number of thiocarbonyl (C=S) groups is 1. The van der Waals surface area contributed by atoms with Crippen LogP contribution in [0.5, 0.6) is 5.75 Å². The minimum Gasteiger partial charge on any atom is -0.423 e. The van der Waals surface area contributed by atoms with Crippen LogP contribution in [0.4, 0.5) is 0 Å². The normalized spacial score (nSPS) is 15.6. The number of esters is 1. The lowest BCUT2D eigenvalue weighted by Gasteiger charge is -2.09. The highest BCUT2D eigenvalue weighted by Crippen LogP contribution is 2.32. The number of carbonyl (C=O) groups is 2. The van der Waals surface area contributed by atoms with E-state index >= 15 is 0 Å². The van der Waals surface area contributed by atoms with Crippen LogP contribution in [0.25, 0.3) is 6.08 Å². The van der Waals surface area contributed by atoms with E-state index < -0.39 is 5.97 Å². The molecule has 1 aliphatic rings. The molecule has 0 atom stereocenters. The van der Waals surface area contributed by atoms with Gasteiger partial charge in [0.25, 0.3) is 5.91 Å². The van der Waals surface area contributed by atoms with E-state index in [0.717, 1.165) is 9.13 Å². The molecule has 0 bridgehead atoms. The van der Waals surface area contributed by atoms with Crippen molar-refractivity contribution in [1.29, 1.82) is 0 Å². The predicted octanol–water partition coefficient (Wildman–Crippen LogP) is 4.73. The van der Waals surface area contributed by atoms with E-state index in [1.807, 2.05) is 25.1 Å². The van der Waals surface area contributed by atoms with Gasteiger partial charge in [0.15, 0.2) is 0 Å². The summed E-state index contributed by atoms with van der Waals surface area (Å²) in [6, 6.07) is 14.3. The van der Waals surface area contributed by atoms with Gasteiger partial charge >= 0.3 is 5.97 Å². The third-order valence-electron chi connectivity index (χ3n) is 3.65. The average molecular weight is 495 g/mol. The van der Waals surface area contributed by atoms with Crippen molar-refractivity contribution in [2.75, 3.05) is 6.54 Å². The topological polar surface area (TPSA) is 46.6 Å². The Morgan fingerprint density at radius 2 is 2.04 bits per heavy atom. The number of halogens is 1. The molecule has 132 valence electrons. The van der Waals surface area contributed by atoms with Crippen molar-refractivity contribution in [2.45, 2.75) is 6.92 Å². The molecule has 1 fully saturated rings. The summed E-state index contributed by atoms with van der Waals surface area (Å²) in [5.74, 6) is -0.0810. The Hall–Kier alpha value is -1.71. The van der Waals surface area contributed by atoms with Crippen molar-refractivity contribution in [2.24, 2.45) is 0 Å². The summed E-state index contributed by atoms with van der Waals surface area (Å²) in [7, 11) is 0. The first-order valence-corrected chi connectivity index (χ1v) is 10.1. The van der Waals surface area contributed by atoms with Gasteiger partial charge in [0.1, 0.15) is 10.1 Å². The molecule has 1 heterocycles. The summed E-state index contributed by atoms with van der Waals surface area (Å²) in [6.07, 6.45) is 1.76. The van der Waals surface area contributed by atoms with Crippen LogP contribution in [0, 0.1) is 3.57 Å². The molecule has 0 saturated carbocycles. The van der Waals surface area contributed by atoms with Gasteiger partial charge in [-0.1, -0.05) is 48.2 Å². The number of rotatable bonds is 4. The van der Waals surface area contributed by atoms with Gasteiger partial charge in [0.2, 0.25) is 0 Å². The number of hydrogen-bond donors (Lipinski definition) is 0. The summed E-state index contributed by atoms with van der Waals surface area (Å²) < 4.78 is 6.86. The summed E-state index contributed by atoms with van der Waals surface area (Å²) in [6.45, 7) is 2.44. The number of hydrogen-bond acceptors (Lipinski definition) is 5. The second-order valence-electron chi connectivity index (χ2n) is 5.37. The van der Waals surface area contributed by atoms with Crippen LogP contribution in [0.3, 0.4) is 0 Å². The maximum atomic E-state index is 12.3. The number of carbonyl (C=O) groups excluding carboxylic acids is 2. The van der Waals surface area contributed by atoms with E-state index in [4.69, 9.17) is 17.0 Å². The number of thioether (sulfide) groups is 1. The predicted molar refractivity (Wildman–Crippen MR) is 116 cm³/mol. The van der Waals surface area contributed by atoms with Crippen molar-refractivity contribution in [3.05, 3.63) is 68.1 Å². The van der Waals surface area contributed by atoms with Crippen molar-refractivity contribution in [3.8, 4) is 5.75 Å². The zero-order valence-corrected chi connectivity index (χ0v) is 17.6. The maximum absolute atomic E-state index is 12.3. The summed E-state index contributed by atoms with van der Waals surface area (Å²) in [5, 5.41) is 0. The molecule has 7 heteroatoms. The molecule has 1 saturated heterocycles. The molecule has 2 aromatic rings. The Kier molecular flexibility index (Phi) is 6.10. The molecular weight excluding hydrogens is 481 g/mol. The first-order valence-electron chi connectivity index (χ1n) is 7.81. The van der Waals surface area contributed by atoms with Crippen LogP contribution in [0.2, 0.25) is 0 Å². The van der Waals surface area contributed by atoms with E-state index in [0.29, 0.717) is 27.1 Å². The summed E-state index contributed by atoms with van der Waals surface area (Å²) >= 11 is 8.60. The first kappa shape index (κ1) is 19.1. The van der Waals surface area contributed by atoms with Gasteiger partial charge in [-0.15, -0.1) is 0 Å². The molecule has 4 nitrogen and oxygen atoms in total. The standard InChI is InChI=1S/C19H14INO3S2/c1-2-21-17(22)16(26-19(21)25)11-12-6-5-7-13(10-12)24-18(23)14-8-3-4-9-15(14)20/h3-11H,2H2,1H3. The fourth-order valence-electron chi connectivity index (χ4n) is 2.38. The molecule has 3 rings (SSSR count). The number of amides is 1. The Labute approximate surface area is 174 Å². The van der Waals surface area contributed by atoms with Gasteiger partial charge in [-0.25, -0.2) is 4.79 Å². The molecule has 2 aromatic carbocycles. The Morgan fingerprint density at radius 1 is 1.27 bits per heavy atom. The zero-order chi connectivity index (χ0) is 18.7. The molecule has 0 aliphatic carbocycles. The van der Waals surface area contributed by atoms with E-state index in [9.17, 15) is 9.59 Å². The third kappa shape index (κ3) is 4.16. The van der Waals surface area contributed by atoms with E-state index in [1.165, 1.54) is 11.8 Å². The molecule has 0 unspecified atom stereocenters. The minimum absolute atomic E-state index is 0.0938. The fourth-order valence-corrected chi connectivity index (χ4v) is 4.37. The van der Waals surface area contributed by atoms with Crippen molar-refractivity contribution >= 4 is 68.8 Å². The monoisotopic (exact) mass is 495 g/mol. The number of likely N-dealkylation sites (N-methyl/N-ethyl adjacent to an activating group) is 1. The van der Waals surface area contributed by atoms with Gasteiger partial charge in [0.05, 0.1) is 10.5 Å². The molecular formula is C19H14INO3S2. The van der Waals surface area contributed by atoms with Gasteiger partial charge in [-0.2, -0.15) is 0 Å². The molecule has 0 spiro atoms. The second kappa shape index (κ2) is 8.32. The van der Waals surface area contributed by atoms with Crippen molar-refractivity contribution in [3.63, 3.8) is 0 Å². The molecule has 1 aliphatic heterocycles. The quantitative estimate of drug-likeness (QED) is 0.202. The Bertz CT molecular complexity index is 927. The van der Waals surface area contributed by atoms with Gasteiger partial charge in [-0.3, -0.25) is 9.69 Å². The number of nitrogens with zero attached hydrogens (tertiary/aromatic N) is 1. The Balaban J connectivity index is 1.80. The number of benzene rings is 2. The van der Waals surface area contributed by atoms with Crippen LogP contribution in [0.15, 0.2) is 53.4 Å². The molecule has 1 amide bonds. The lowest BCUT2D eigenvalue weighted by molar-refractivity contribution is -0.121. The largest absolute Gasteiger partial charge is 0.423 e. The highest BCUT2D eigenvalue weighted by Gasteiger charge is 2.30. The maximum Gasteiger partial charge on any atom is 0.344 e. The van der Waals surface area contributed by atoms with Crippen molar-refractivity contribution < 1.29 is 14.3 Å². The smallest absolute Gasteiger partial charge is 0.344 e. The lowest BCUT2D eigenvalue weighted by atomic mass is 10.2. The SMILES string of the molecule is CCN1C(=O)C(=Cc2cccc(OC(=O)c3ccccc3I)c2)SC1=S. The second-order valence-corrected chi connectivity index (χ2v) is 8.21. The summed E-state index contributed by atoms with van der Waals surface area (Å²) in [5.41, 5.74) is 1.29. The molecule has 26 heavy (non-hydrogen) atoms. The van der Waals surface area contributed by atoms with Gasteiger partial charge in [0, 0.05) is 10.1 Å². The van der Waals surface area contributed by atoms with Crippen LogP contribution < -0.4 is 4.74 Å². The van der Waals surface area contributed by atoms with Crippen LogP contribution in [-0.4, -0.2) is 27.6 Å². The Morgan fingerprint density at radius 3 is 2.73 bits per heavy atom. The molecule has 0 radical (unpaired) electrons. The average Bonchev–Trinajstić information content (AvgIpc) is 2.88. The van der Waals surface area contributed by atoms with E-state index in [2.05, 4.69) is 22.6 Å². The molecule has 0 aromatic heterocycles. The van der Waals surface area contributed by atoms with Gasteiger partial charge in [-0.05, 0) is 65.4 Å². The van der Waals surface area contributed by atoms with Crippen molar-refractivity contribution in [1.82, 2.24) is 4.90 Å². The minimum atomic E-state index is -0.413. The summed E-state index contributed by atoms with van der Waals surface area (Å²) in [4.78, 5) is 26.8. The highest BCUT2D eigenvalue weighted by molar-refractivity contribution is 14.1. The van der Waals surface area contributed by atoms with Crippen LogP contribution in [0.1, 0.15) is 22.8 Å². The van der Waals surface area contributed by atoms with Crippen LogP contribution >= 0.6 is 46.6 Å². The third-order valence-corrected chi connectivity index (χ3v) is 5.97. The van der Waals surface area contributed by atoms with Crippen LogP contribution in [-0.2, 0) is 4.79 Å². The van der Waals surface area contributed by atoms with E-state index in [1.54, 1.807) is 41.3 Å². The first-order chi connectivity index (χ1) is 12.5. The van der Waals surface area contributed by atoms with E-state index in [-0.39, 0.29) is 5.91 Å². The highest BCUT2D eigenvalue weighted by atomic mass is 127. The number of ether oxygens (including phenoxy) is 1. The molecule has 0 N–H and O–H groups in total. The fraction of sp³-hybridized carbons (Fsp3) is 0.105. The van der Waals surface area contributed by atoms with Gasteiger partial charge < -0.3 is 4.74 Å².